The monoisotopic (exact) mass is 762 g/mol. The lowest BCUT2D eigenvalue weighted by atomic mass is 9.90. The van der Waals surface area contributed by atoms with Crippen LogP contribution in [-0.2, 0) is 0 Å². The second kappa shape index (κ2) is 17.1. The van der Waals surface area contributed by atoms with Crippen LogP contribution in [0, 0.1) is 13.8 Å². The first-order valence-electron chi connectivity index (χ1n) is 20.2. The number of rotatable bonds is 7. The largest absolute Gasteiger partial charge is 0.236 e. The maximum Gasteiger partial charge on any atom is 0.160 e. The first-order chi connectivity index (χ1) is 28.9. The number of nitrogens with zero attached hydrogens (tertiary/aromatic N) is 4. The first-order valence-corrected chi connectivity index (χ1v) is 20.2. The average Bonchev–Trinajstić information content (AvgIpc) is 3.30. The van der Waals surface area contributed by atoms with Crippen molar-refractivity contribution in [2.45, 2.75) is 34.6 Å². The lowest BCUT2D eigenvalue weighted by Crippen LogP contribution is -2.05. The minimum atomic E-state index is 0.591. The Kier molecular flexibility index (Phi) is 11.1. The number of hydrogen-bond donors (Lipinski definition) is 0. The highest BCUT2D eigenvalue weighted by atomic mass is 14.9. The minimum absolute atomic E-state index is 0.591. The van der Waals surface area contributed by atoms with Crippen molar-refractivity contribution in [2.24, 2.45) is 9.98 Å². The molecule has 0 unspecified atom stereocenters. The van der Waals surface area contributed by atoms with Gasteiger partial charge in [0, 0.05) is 28.4 Å². The van der Waals surface area contributed by atoms with Crippen LogP contribution in [0.15, 0.2) is 193 Å². The average molecular weight is 763 g/mol. The molecule has 0 aliphatic heterocycles. The second-order valence-corrected chi connectivity index (χ2v) is 14.5. The van der Waals surface area contributed by atoms with Crippen molar-refractivity contribution < 1.29 is 0 Å². The van der Waals surface area contributed by atoms with Crippen molar-refractivity contribution >= 4 is 49.7 Å². The Morgan fingerprint density at radius 2 is 1.15 bits per heavy atom. The fourth-order valence-corrected chi connectivity index (χ4v) is 7.70. The molecule has 9 rings (SSSR count). The Morgan fingerprint density at radius 1 is 0.508 bits per heavy atom. The number of benzene rings is 8. The van der Waals surface area contributed by atoms with E-state index in [-0.39, 0.29) is 0 Å². The zero-order valence-electron chi connectivity index (χ0n) is 34.2. The highest BCUT2D eigenvalue weighted by Crippen LogP contribution is 2.38. The van der Waals surface area contributed by atoms with Gasteiger partial charge in [0.2, 0.25) is 0 Å². The van der Waals surface area contributed by atoms with Crippen molar-refractivity contribution in [2.75, 3.05) is 0 Å². The summed E-state index contributed by atoms with van der Waals surface area (Å²) in [6.45, 7) is 14.7. The van der Waals surface area contributed by atoms with Gasteiger partial charge in [-0.1, -0.05) is 166 Å². The van der Waals surface area contributed by atoms with Crippen LogP contribution in [0.2, 0.25) is 0 Å². The van der Waals surface area contributed by atoms with Crippen LogP contribution in [-0.4, -0.2) is 21.5 Å². The molecule has 0 N–H and O–H groups in total. The molecule has 286 valence electrons. The fraction of sp³-hybridized carbons (Fsp3) is 0.0909. The maximum atomic E-state index is 5.18. The summed E-state index contributed by atoms with van der Waals surface area (Å²) in [6.07, 6.45) is 1.89. The summed E-state index contributed by atoms with van der Waals surface area (Å²) >= 11 is 0. The quantitative estimate of drug-likeness (QED) is 0.0922. The molecule has 0 aliphatic rings. The highest BCUT2D eigenvalue weighted by molar-refractivity contribution is 6.15. The predicted molar refractivity (Wildman–Crippen MR) is 252 cm³/mol. The standard InChI is InChI=1S/C53H40N4.C2H6/c1-34-14-13-20-41-27-29-48-47(28-22-35(2)51(48)50(34)41)40-25-23-39(24-26-40)45-30-44(31-46(32-45)52-54-33-43-19-11-12-21-49(43)57-52)37(4)56-53(42-17-9-6-10-18-42)55-36(3)38-15-7-5-8-16-38;1-2/h5-33H,3H2,1-2,4H3;1-2H3. The third-order valence-corrected chi connectivity index (χ3v) is 10.7. The zero-order valence-corrected chi connectivity index (χ0v) is 34.2. The summed E-state index contributed by atoms with van der Waals surface area (Å²) in [5.41, 5.74) is 13.2. The van der Waals surface area contributed by atoms with E-state index in [2.05, 4.69) is 105 Å². The Hall–Kier alpha value is -7.30. The molecular weight excluding hydrogens is 717 g/mol. The summed E-state index contributed by atoms with van der Waals surface area (Å²) in [5.74, 6) is 1.25. The third kappa shape index (κ3) is 7.99. The summed E-state index contributed by atoms with van der Waals surface area (Å²) in [5, 5.41) is 6.18. The Balaban J connectivity index is 0.00000238. The van der Waals surface area contributed by atoms with Gasteiger partial charge in [-0.15, -0.1) is 0 Å². The van der Waals surface area contributed by atoms with Gasteiger partial charge in [-0.2, -0.15) is 0 Å². The Labute approximate surface area is 347 Å². The van der Waals surface area contributed by atoms with E-state index < -0.39 is 0 Å². The van der Waals surface area contributed by atoms with Crippen LogP contribution in [0.3, 0.4) is 0 Å². The molecule has 1 heterocycles. The van der Waals surface area contributed by atoms with Gasteiger partial charge in [0.15, 0.2) is 11.7 Å². The summed E-state index contributed by atoms with van der Waals surface area (Å²) in [7, 11) is 0. The molecule has 0 amide bonds. The van der Waals surface area contributed by atoms with Crippen molar-refractivity contribution in [3.05, 3.63) is 210 Å². The lowest BCUT2D eigenvalue weighted by Gasteiger charge is -2.15. The molecule has 1 aromatic heterocycles. The van der Waals surface area contributed by atoms with Crippen LogP contribution in [0.4, 0.5) is 0 Å². The van der Waals surface area contributed by atoms with Crippen molar-refractivity contribution in [3.63, 3.8) is 0 Å². The number of amidine groups is 1. The maximum absolute atomic E-state index is 5.18. The fourth-order valence-electron chi connectivity index (χ4n) is 7.70. The number of para-hydroxylation sites is 1. The number of aromatic nitrogens is 2. The Bertz CT molecular complexity index is 3030. The molecule has 4 heteroatoms. The van der Waals surface area contributed by atoms with Crippen molar-refractivity contribution in [3.8, 4) is 33.6 Å². The van der Waals surface area contributed by atoms with E-state index in [0.29, 0.717) is 17.4 Å². The molecule has 0 radical (unpaired) electrons. The predicted octanol–water partition coefficient (Wildman–Crippen LogP) is 14.5. The first kappa shape index (κ1) is 38.6. The molecule has 9 aromatic rings. The normalized spacial score (nSPS) is 11.7. The van der Waals surface area contributed by atoms with Crippen LogP contribution in [0.25, 0.3) is 71.8 Å². The summed E-state index contributed by atoms with van der Waals surface area (Å²) in [6, 6.07) is 59.1. The van der Waals surface area contributed by atoms with E-state index >= 15 is 0 Å². The molecule has 0 fully saturated rings. The van der Waals surface area contributed by atoms with E-state index in [1.165, 1.54) is 43.8 Å². The van der Waals surface area contributed by atoms with Gasteiger partial charge < -0.3 is 0 Å². The second-order valence-electron chi connectivity index (χ2n) is 14.5. The van der Waals surface area contributed by atoms with E-state index in [0.717, 1.165) is 50.0 Å². The molecule has 8 aromatic carbocycles. The van der Waals surface area contributed by atoms with E-state index in [4.69, 9.17) is 20.0 Å². The number of aliphatic imine (C=N–C) groups is 2. The lowest BCUT2D eigenvalue weighted by molar-refractivity contribution is 1.23. The number of aryl methyl sites for hydroxylation is 2. The molecule has 0 spiro atoms. The van der Waals surface area contributed by atoms with Crippen LogP contribution >= 0.6 is 0 Å². The van der Waals surface area contributed by atoms with Crippen molar-refractivity contribution in [1.82, 2.24) is 9.97 Å². The minimum Gasteiger partial charge on any atom is -0.236 e. The van der Waals surface area contributed by atoms with E-state index in [9.17, 15) is 0 Å². The topological polar surface area (TPSA) is 50.5 Å². The zero-order chi connectivity index (χ0) is 40.9. The SMILES string of the molecule is C=C(N=C(N=C(C)c1cc(-c2ccc(-c3ccc(C)c4c3ccc3cccc(C)c34)cc2)cc(-c2ncc3ccccc3n2)c1)c1ccccc1)c1ccccc1.CC. The smallest absolute Gasteiger partial charge is 0.160 e. The van der Waals surface area contributed by atoms with E-state index in [1.54, 1.807) is 0 Å². The van der Waals surface area contributed by atoms with Crippen LogP contribution < -0.4 is 0 Å². The van der Waals surface area contributed by atoms with Gasteiger partial charge in [0.25, 0.3) is 0 Å². The molecule has 0 atom stereocenters. The van der Waals surface area contributed by atoms with Crippen molar-refractivity contribution in [1.29, 1.82) is 0 Å². The van der Waals surface area contributed by atoms with Gasteiger partial charge in [-0.25, -0.2) is 20.0 Å². The molecule has 0 saturated carbocycles. The summed E-state index contributed by atoms with van der Waals surface area (Å²) < 4.78 is 0. The molecule has 59 heavy (non-hydrogen) atoms. The van der Waals surface area contributed by atoms with E-state index in [1.807, 2.05) is 112 Å². The van der Waals surface area contributed by atoms with Crippen LogP contribution in [0.1, 0.15) is 48.6 Å². The Morgan fingerprint density at radius 3 is 1.92 bits per heavy atom. The van der Waals surface area contributed by atoms with Gasteiger partial charge >= 0.3 is 0 Å². The van der Waals surface area contributed by atoms with Gasteiger partial charge in [0.1, 0.15) is 0 Å². The van der Waals surface area contributed by atoms with Gasteiger partial charge in [-0.3, -0.25) is 0 Å². The third-order valence-electron chi connectivity index (χ3n) is 10.7. The number of hydrogen-bond acceptors (Lipinski definition) is 3. The molecule has 0 saturated heterocycles. The highest BCUT2D eigenvalue weighted by Gasteiger charge is 2.15. The summed E-state index contributed by atoms with van der Waals surface area (Å²) in [4.78, 5) is 20.0. The van der Waals surface area contributed by atoms with Gasteiger partial charge in [-0.05, 0) is 111 Å². The van der Waals surface area contributed by atoms with Crippen LogP contribution in [0.5, 0.6) is 0 Å². The molecule has 0 aliphatic carbocycles. The molecule has 0 bridgehead atoms. The van der Waals surface area contributed by atoms with Gasteiger partial charge in [0.05, 0.1) is 11.2 Å². The molecular formula is C55H46N4. The molecule has 4 nitrogen and oxygen atoms in total. The number of fused-ring (bicyclic) bond motifs is 4.